The minimum Gasteiger partial charge on any atom is -0.340 e. The maximum absolute atomic E-state index is 12.6. The topological polar surface area (TPSA) is 48.5 Å². The fourth-order valence-electron chi connectivity index (χ4n) is 2.60. The van der Waals surface area contributed by atoms with Gasteiger partial charge in [0.05, 0.1) is 0 Å². The van der Waals surface area contributed by atoms with Crippen LogP contribution in [0.3, 0.4) is 0 Å². The first-order valence-electron chi connectivity index (χ1n) is 7.68. The molecular weight excluding hydrogens is 347 g/mol. The van der Waals surface area contributed by atoms with Crippen molar-refractivity contribution in [1.82, 2.24) is 14.8 Å². The van der Waals surface area contributed by atoms with Crippen LogP contribution < -0.4 is 5.32 Å². The van der Waals surface area contributed by atoms with Gasteiger partial charge < -0.3 is 15.1 Å². The number of pyridine rings is 1. The highest BCUT2D eigenvalue weighted by atomic mass is 35.5. The number of hydrogen-bond donors (Lipinski definition) is 1. The standard InChI is InChI=1S/C17H18Cl2N4O/c1-22-4-6-23(7-5-22)17(24)12-2-3-20-16(8-12)21-15-10-13(18)9-14(19)11-15/h2-3,8-11H,4-7H2,1H3,(H,20,21). The molecule has 1 aliphatic rings. The van der Waals surface area contributed by atoms with Crippen LogP contribution >= 0.6 is 23.2 Å². The van der Waals surface area contributed by atoms with Crippen LogP contribution in [0, 0.1) is 0 Å². The molecular formula is C17H18Cl2N4O. The molecule has 5 nitrogen and oxygen atoms in total. The predicted octanol–water partition coefficient (Wildman–Crippen LogP) is 3.52. The second-order valence-corrected chi connectivity index (χ2v) is 6.68. The van der Waals surface area contributed by atoms with E-state index < -0.39 is 0 Å². The summed E-state index contributed by atoms with van der Waals surface area (Å²) in [7, 11) is 2.06. The Balaban J connectivity index is 1.75. The van der Waals surface area contributed by atoms with Crippen molar-refractivity contribution in [3.63, 3.8) is 0 Å². The highest BCUT2D eigenvalue weighted by Crippen LogP contribution is 2.25. The van der Waals surface area contributed by atoms with E-state index in [4.69, 9.17) is 23.2 Å². The second kappa shape index (κ2) is 7.38. The number of nitrogens with zero attached hydrogens (tertiary/aromatic N) is 3. The molecule has 0 saturated carbocycles. The molecule has 0 unspecified atom stereocenters. The molecule has 2 heterocycles. The van der Waals surface area contributed by atoms with Gasteiger partial charge in [0.1, 0.15) is 5.82 Å². The summed E-state index contributed by atoms with van der Waals surface area (Å²) >= 11 is 12.0. The number of amides is 1. The van der Waals surface area contributed by atoms with Crippen molar-refractivity contribution in [2.45, 2.75) is 0 Å². The molecule has 0 bridgehead atoms. The molecule has 1 aliphatic heterocycles. The van der Waals surface area contributed by atoms with Crippen molar-refractivity contribution in [2.75, 3.05) is 38.5 Å². The van der Waals surface area contributed by atoms with Crippen molar-refractivity contribution in [1.29, 1.82) is 0 Å². The Morgan fingerprint density at radius 1 is 1.08 bits per heavy atom. The van der Waals surface area contributed by atoms with Crippen LogP contribution in [0.2, 0.25) is 10.0 Å². The molecule has 0 aliphatic carbocycles. The second-order valence-electron chi connectivity index (χ2n) is 5.81. The van der Waals surface area contributed by atoms with Crippen LogP contribution in [-0.2, 0) is 0 Å². The molecule has 1 N–H and O–H groups in total. The zero-order valence-electron chi connectivity index (χ0n) is 13.3. The van der Waals surface area contributed by atoms with E-state index >= 15 is 0 Å². The Morgan fingerprint density at radius 2 is 1.75 bits per heavy atom. The average Bonchev–Trinajstić information content (AvgIpc) is 2.54. The molecule has 0 radical (unpaired) electrons. The normalized spacial score (nSPS) is 15.4. The third kappa shape index (κ3) is 4.17. The molecule has 0 spiro atoms. The van der Waals surface area contributed by atoms with E-state index in [2.05, 4.69) is 22.2 Å². The summed E-state index contributed by atoms with van der Waals surface area (Å²) in [6, 6.07) is 8.65. The van der Waals surface area contributed by atoms with Crippen LogP contribution in [0.25, 0.3) is 0 Å². The van der Waals surface area contributed by atoms with E-state index in [9.17, 15) is 4.79 Å². The largest absolute Gasteiger partial charge is 0.340 e. The SMILES string of the molecule is CN1CCN(C(=O)c2ccnc(Nc3cc(Cl)cc(Cl)c3)c2)CC1. The molecule has 1 amide bonds. The molecule has 2 aromatic rings. The molecule has 1 saturated heterocycles. The summed E-state index contributed by atoms with van der Waals surface area (Å²) in [4.78, 5) is 21.0. The maximum Gasteiger partial charge on any atom is 0.254 e. The van der Waals surface area contributed by atoms with Crippen LogP contribution in [0.5, 0.6) is 0 Å². The number of anilines is 2. The summed E-state index contributed by atoms with van der Waals surface area (Å²) in [5.41, 5.74) is 1.34. The fraction of sp³-hybridized carbons (Fsp3) is 0.294. The molecule has 1 aromatic carbocycles. The van der Waals surface area contributed by atoms with E-state index in [1.807, 2.05) is 4.90 Å². The van der Waals surface area contributed by atoms with E-state index in [1.54, 1.807) is 36.5 Å². The van der Waals surface area contributed by atoms with Gasteiger partial charge >= 0.3 is 0 Å². The van der Waals surface area contributed by atoms with Gasteiger partial charge in [-0.3, -0.25) is 4.79 Å². The van der Waals surface area contributed by atoms with Crippen LogP contribution in [-0.4, -0.2) is 53.9 Å². The molecule has 7 heteroatoms. The minimum atomic E-state index is 0.0256. The van der Waals surface area contributed by atoms with Crippen LogP contribution in [0.4, 0.5) is 11.5 Å². The lowest BCUT2D eigenvalue weighted by Crippen LogP contribution is -2.47. The van der Waals surface area contributed by atoms with Crippen LogP contribution in [0.15, 0.2) is 36.5 Å². The van der Waals surface area contributed by atoms with Gasteiger partial charge in [-0.05, 0) is 37.4 Å². The molecule has 1 aromatic heterocycles. The number of benzene rings is 1. The first-order valence-corrected chi connectivity index (χ1v) is 8.44. The number of rotatable bonds is 3. The van der Waals surface area contributed by atoms with Gasteiger partial charge in [0.15, 0.2) is 0 Å². The Bertz CT molecular complexity index is 725. The molecule has 1 fully saturated rings. The van der Waals surface area contributed by atoms with Gasteiger partial charge in [-0.25, -0.2) is 4.98 Å². The third-order valence-corrected chi connectivity index (χ3v) is 4.37. The Labute approximate surface area is 151 Å². The highest BCUT2D eigenvalue weighted by Gasteiger charge is 2.20. The summed E-state index contributed by atoms with van der Waals surface area (Å²) in [5.74, 6) is 0.603. The fourth-order valence-corrected chi connectivity index (χ4v) is 3.12. The van der Waals surface area contributed by atoms with Crippen molar-refractivity contribution < 1.29 is 4.79 Å². The van der Waals surface area contributed by atoms with Gasteiger partial charge in [-0.2, -0.15) is 0 Å². The summed E-state index contributed by atoms with van der Waals surface area (Å²) in [5, 5.41) is 4.21. The van der Waals surface area contributed by atoms with E-state index in [1.165, 1.54) is 0 Å². The van der Waals surface area contributed by atoms with Crippen LogP contribution in [0.1, 0.15) is 10.4 Å². The Morgan fingerprint density at radius 3 is 2.42 bits per heavy atom. The summed E-state index contributed by atoms with van der Waals surface area (Å²) in [6.45, 7) is 3.26. The Kier molecular flexibility index (Phi) is 5.23. The van der Waals surface area contributed by atoms with E-state index in [0.717, 1.165) is 31.9 Å². The monoisotopic (exact) mass is 364 g/mol. The summed E-state index contributed by atoms with van der Waals surface area (Å²) < 4.78 is 0. The number of piperazine rings is 1. The van der Waals surface area contributed by atoms with E-state index in [0.29, 0.717) is 21.4 Å². The summed E-state index contributed by atoms with van der Waals surface area (Å²) in [6.07, 6.45) is 1.62. The number of halogens is 2. The smallest absolute Gasteiger partial charge is 0.254 e. The lowest BCUT2D eigenvalue weighted by atomic mass is 10.2. The van der Waals surface area contributed by atoms with Crippen molar-refractivity contribution in [3.8, 4) is 0 Å². The molecule has 24 heavy (non-hydrogen) atoms. The Hall–Kier alpha value is -1.82. The van der Waals surface area contributed by atoms with E-state index in [-0.39, 0.29) is 5.91 Å². The van der Waals surface area contributed by atoms with Gasteiger partial charge in [-0.15, -0.1) is 0 Å². The molecule has 3 rings (SSSR count). The van der Waals surface area contributed by atoms with Crippen molar-refractivity contribution in [2.24, 2.45) is 0 Å². The molecule has 0 atom stereocenters. The first kappa shape index (κ1) is 17.0. The number of aromatic nitrogens is 1. The van der Waals surface area contributed by atoms with Gasteiger partial charge in [-0.1, -0.05) is 23.2 Å². The lowest BCUT2D eigenvalue weighted by Gasteiger charge is -2.32. The van der Waals surface area contributed by atoms with Gasteiger partial charge in [0, 0.05) is 53.7 Å². The number of likely N-dealkylation sites (N-methyl/N-ethyl adjacent to an activating group) is 1. The number of carbonyl (C=O) groups is 1. The number of hydrogen-bond acceptors (Lipinski definition) is 4. The van der Waals surface area contributed by atoms with Gasteiger partial charge in [0.2, 0.25) is 0 Å². The number of nitrogens with one attached hydrogen (secondary N) is 1. The van der Waals surface area contributed by atoms with Crippen molar-refractivity contribution >= 4 is 40.6 Å². The lowest BCUT2D eigenvalue weighted by molar-refractivity contribution is 0.0664. The zero-order valence-corrected chi connectivity index (χ0v) is 14.8. The predicted molar refractivity (Wildman–Crippen MR) is 97.4 cm³/mol. The number of carbonyl (C=O) groups excluding carboxylic acids is 1. The average molecular weight is 365 g/mol. The third-order valence-electron chi connectivity index (χ3n) is 3.93. The van der Waals surface area contributed by atoms with Gasteiger partial charge in [0.25, 0.3) is 5.91 Å². The van der Waals surface area contributed by atoms with Crippen molar-refractivity contribution in [3.05, 3.63) is 52.1 Å². The minimum absolute atomic E-state index is 0.0256. The maximum atomic E-state index is 12.6. The quantitative estimate of drug-likeness (QED) is 0.904. The first-order chi connectivity index (χ1) is 11.5. The molecule has 126 valence electrons. The zero-order chi connectivity index (χ0) is 17.1. The highest BCUT2D eigenvalue weighted by molar-refractivity contribution is 6.35.